The normalized spacial score (nSPS) is 12.2. The standard InChI is InChI=1S/C10H19F3O3S.Li/c11-10(12,13)8-6-4-2-1-3-5-7-9-17(14,15)16;/h1-9H2,(H,14,15,16);/q;+1/p-1. The van der Waals surface area contributed by atoms with Crippen molar-refractivity contribution in [2.75, 3.05) is 5.75 Å². The molecule has 0 aliphatic carbocycles. The number of hydrogen-bond donors (Lipinski definition) is 0. The largest absolute Gasteiger partial charge is 1.00 e. The summed E-state index contributed by atoms with van der Waals surface area (Å²) in [5, 5.41) is 0. The minimum absolute atomic E-state index is 0. The summed E-state index contributed by atoms with van der Waals surface area (Å²) in [6, 6.07) is 0. The molecule has 0 N–H and O–H groups in total. The van der Waals surface area contributed by atoms with Crippen LogP contribution in [0.3, 0.4) is 0 Å². The molecule has 0 radical (unpaired) electrons. The molecule has 0 spiro atoms. The number of halogens is 3. The van der Waals surface area contributed by atoms with Gasteiger partial charge in [-0.25, -0.2) is 8.42 Å². The van der Waals surface area contributed by atoms with Crippen molar-refractivity contribution in [2.24, 2.45) is 0 Å². The van der Waals surface area contributed by atoms with Gasteiger partial charge in [-0.3, -0.25) is 0 Å². The topological polar surface area (TPSA) is 57.2 Å². The molecule has 0 rings (SSSR count). The van der Waals surface area contributed by atoms with Gasteiger partial charge in [-0.2, -0.15) is 13.2 Å². The van der Waals surface area contributed by atoms with Gasteiger partial charge >= 0.3 is 25.0 Å². The molecule has 3 nitrogen and oxygen atoms in total. The molecule has 18 heavy (non-hydrogen) atoms. The van der Waals surface area contributed by atoms with Gasteiger partial charge in [0, 0.05) is 12.2 Å². The van der Waals surface area contributed by atoms with E-state index in [0.717, 1.165) is 19.3 Å². The molecule has 0 saturated carbocycles. The van der Waals surface area contributed by atoms with Crippen LogP contribution in [0.15, 0.2) is 0 Å². The van der Waals surface area contributed by atoms with Gasteiger partial charge in [-0.1, -0.05) is 32.1 Å². The van der Waals surface area contributed by atoms with Crippen LogP contribution in [0.1, 0.15) is 51.4 Å². The Hall–Kier alpha value is 0.297. The summed E-state index contributed by atoms with van der Waals surface area (Å²) in [4.78, 5) is 0. The molecule has 0 fully saturated rings. The van der Waals surface area contributed by atoms with Crippen LogP contribution in [0.2, 0.25) is 0 Å². The van der Waals surface area contributed by atoms with E-state index in [1.807, 2.05) is 0 Å². The Kier molecular flexibility index (Phi) is 11.6. The summed E-state index contributed by atoms with van der Waals surface area (Å²) in [6.07, 6.45) is -0.852. The Morgan fingerprint density at radius 3 is 1.61 bits per heavy atom. The zero-order chi connectivity index (χ0) is 13.4. The second-order valence-electron chi connectivity index (χ2n) is 4.10. The van der Waals surface area contributed by atoms with E-state index in [4.69, 9.17) is 0 Å². The van der Waals surface area contributed by atoms with E-state index >= 15 is 0 Å². The Morgan fingerprint density at radius 1 is 0.833 bits per heavy atom. The second kappa shape index (κ2) is 10.1. The van der Waals surface area contributed by atoms with Crippen LogP contribution in [0.4, 0.5) is 13.2 Å². The predicted molar refractivity (Wildman–Crippen MR) is 57.6 cm³/mol. The van der Waals surface area contributed by atoms with E-state index in [0.29, 0.717) is 19.3 Å². The van der Waals surface area contributed by atoms with E-state index in [-0.39, 0.29) is 31.0 Å². The van der Waals surface area contributed by atoms with Gasteiger partial charge in [0.2, 0.25) is 0 Å². The van der Waals surface area contributed by atoms with Gasteiger partial charge in [-0.05, 0) is 12.8 Å². The maximum Gasteiger partial charge on any atom is 1.00 e. The number of hydrogen-bond acceptors (Lipinski definition) is 3. The minimum atomic E-state index is -4.12. The van der Waals surface area contributed by atoms with Crippen molar-refractivity contribution in [1.29, 1.82) is 0 Å². The van der Waals surface area contributed by atoms with Gasteiger partial charge in [-0.15, -0.1) is 0 Å². The molecule has 0 aliphatic heterocycles. The van der Waals surface area contributed by atoms with Crippen LogP contribution in [0.25, 0.3) is 0 Å². The first-order valence-corrected chi connectivity index (χ1v) is 7.29. The fourth-order valence-corrected chi connectivity index (χ4v) is 2.05. The van der Waals surface area contributed by atoms with Gasteiger partial charge in [0.15, 0.2) is 0 Å². The van der Waals surface area contributed by atoms with E-state index in [9.17, 15) is 26.1 Å². The van der Waals surface area contributed by atoms with Crippen LogP contribution in [0.5, 0.6) is 0 Å². The summed E-state index contributed by atoms with van der Waals surface area (Å²) in [6.45, 7) is 0. The Morgan fingerprint density at radius 2 is 1.22 bits per heavy atom. The van der Waals surface area contributed by atoms with Crippen molar-refractivity contribution in [2.45, 2.75) is 57.5 Å². The molecular formula is C10H18F3LiO3S. The maximum atomic E-state index is 11.8. The SMILES string of the molecule is O=S(=O)([O-])CCCCCCCCCC(F)(F)F.[Li+]. The van der Waals surface area contributed by atoms with Crippen molar-refractivity contribution in [3.05, 3.63) is 0 Å². The van der Waals surface area contributed by atoms with Crippen LogP contribution >= 0.6 is 0 Å². The summed E-state index contributed by atoms with van der Waals surface area (Å²) in [7, 11) is -4.12. The average Bonchev–Trinajstić information content (AvgIpc) is 2.11. The predicted octanol–water partition coefficient (Wildman–Crippen LogP) is 0.219. The first kappa shape index (κ1) is 20.6. The zero-order valence-corrected chi connectivity index (χ0v) is 11.4. The second-order valence-corrected chi connectivity index (χ2v) is 5.63. The molecule has 0 saturated heterocycles. The number of alkyl halides is 3. The quantitative estimate of drug-likeness (QED) is 0.345. The molecule has 0 amide bonds. The molecule has 104 valence electrons. The third-order valence-electron chi connectivity index (χ3n) is 2.35. The van der Waals surface area contributed by atoms with Gasteiger partial charge in [0.1, 0.15) is 0 Å². The summed E-state index contributed by atoms with van der Waals surface area (Å²) < 4.78 is 66.0. The minimum Gasteiger partial charge on any atom is -0.748 e. The van der Waals surface area contributed by atoms with E-state index in [1.54, 1.807) is 0 Å². The molecule has 8 heteroatoms. The van der Waals surface area contributed by atoms with Crippen molar-refractivity contribution in [3.63, 3.8) is 0 Å². The fourth-order valence-electron chi connectivity index (χ4n) is 1.49. The van der Waals surface area contributed by atoms with Crippen LogP contribution in [-0.2, 0) is 10.1 Å². The van der Waals surface area contributed by atoms with Gasteiger partial charge < -0.3 is 4.55 Å². The molecule has 0 unspecified atom stereocenters. The van der Waals surface area contributed by atoms with Gasteiger partial charge in [0.25, 0.3) is 0 Å². The summed E-state index contributed by atoms with van der Waals surface area (Å²) in [5.74, 6) is -0.346. The smallest absolute Gasteiger partial charge is 0.748 e. The Bertz CT molecular complexity index is 291. The summed E-state index contributed by atoms with van der Waals surface area (Å²) >= 11 is 0. The molecule has 0 heterocycles. The van der Waals surface area contributed by atoms with Crippen molar-refractivity contribution >= 4 is 10.1 Å². The fraction of sp³-hybridized carbons (Fsp3) is 1.00. The molecule has 0 aromatic carbocycles. The van der Waals surface area contributed by atoms with E-state index in [2.05, 4.69) is 0 Å². The Balaban J connectivity index is 0. The van der Waals surface area contributed by atoms with Crippen LogP contribution in [0, 0.1) is 0 Å². The zero-order valence-electron chi connectivity index (χ0n) is 10.6. The van der Waals surface area contributed by atoms with Crippen molar-refractivity contribution < 1.29 is 45.0 Å². The van der Waals surface area contributed by atoms with E-state index < -0.39 is 22.7 Å². The molecule has 0 aromatic heterocycles. The third kappa shape index (κ3) is 18.7. The number of rotatable bonds is 9. The average molecular weight is 282 g/mol. The molecule has 0 atom stereocenters. The monoisotopic (exact) mass is 282 g/mol. The maximum absolute atomic E-state index is 11.8. The number of unbranched alkanes of at least 4 members (excludes halogenated alkanes) is 6. The van der Waals surface area contributed by atoms with Crippen LogP contribution in [-0.4, -0.2) is 24.9 Å². The molecule has 0 bridgehead atoms. The first-order valence-electron chi connectivity index (χ1n) is 5.71. The molecule has 0 aliphatic rings. The molecule has 0 aromatic rings. The third-order valence-corrected chi connectivity index (χ3v) is 3.14. The van der Waals surface area contributed by atoms with Gasteiger partial charge in [0.05, 0.1) is 10.1 Å². The van der Waals surface area contributed by atoms with Crippen molar-refractivity contribution in [3.8, 4) is 0 Å². The Labute approximate surface area is 118 Å². The van der Waals surface area contributed by atoms with E-state index in [1.165, 1.54) is 0 Å². The summed E-state index contributed by atoms with van der Waals surface area (Å²) in [5.41, 5.74) is 0. The van der Waals surface area contributed by atoms with Crippen molar-refractivity contribution in [1.82, 2.24) is 0 Å². The molecular weight excluding hydrogens is 264 g/mol. The van der Waals surface area contributed by atoms with Crippen LogP contribution < -0.4 is 18.9 Å². The first-order chi connectivity index (χ1) is 7.71.